The molecule has 3 heterocycles. The molecule has 1 aliphatic rings. The summed E-state index contributed by atoms with van der Waals surface area (Å²) in [6.07, 6.45) is 3.69. The second-order valence-electron chi connectivity index (χ2n) is 9.56. The molecule has 4 N–H and O–H groups in total. The Morgan fingerprint density at radius 2 is 1.90 bits per heavy atom. The number of carbonyl (C=O) groups is 1. The summed E-state index contributed by atoms with van der Waals surface area (Å²) in [5, 5.41) is 18.5. The molecular formula is C27H28ClN5O5S. The number of amides is 1. The lowest BCUT2D eigenvalue weighted by molar-refractivity contribution is 0.0804. The maximum Gasteiger partial charge on any atom is 0.255 e. The molecule has 1 amide bonds. The van der Waals surface area contributed by atoms with Gasteiger partial charge in [-0.05, 0) is 48.4 Å². The number of hydrogen-bond acceptors (Lipinski definition) is 6. The van der Waals surface area contributed by atoms with Crippen molar-refractivity contribution in [2.45, 2.75) is 24.7 Å². The molecule has 39 heavy (non-hydrogen) atoms. The number of carbonyl (C=O) groups excluding carboxylic acids is 1. The highest BCUT2D eigenvalue weighted by molar-refractivity contribution is 7.88. The van der Waals surface area contributed by atoms with E-state index >= 15 is 0 Å². The summed E-state index contributed by atoms with van der Waals surface area (Å²) in [5.74, 6) is -0.344. The molecular weight excluding hydrogens is 542 g/mol. The van der Waals surface area contributed by atoms with Crippen LogP contribution < -0.4 is 16.2 Å². The molecule has 0 radical (unpaired) electrons. The number of benzene rings is 2. The van der Waals surface area contributed by atoms with E-state index in [2.05, 4.69) is 15.6 Å². The minimum Gasteiger partial charge on any atom is -0.374 e. The number of nitrogens with one attached hydrogen (secondary N) is 3. The molecule has 1 aliphatic heterocycles. The van der Waals surface area contributed by atoms with Crippen LogP contribution in [0.2, 0.25) is 5.02 Å². The number of sulfonamides is 1. The van der Waals surface area contributed by atoms with Gasteiger partial charge in [0.25, 0.3) is 11.5 Å². The van der Waals surface area contributed by atoms with Gasteiger partial charge in [-0.2, -0.15) is 0 Å². The van der Waals surface area contributed by atoms with E-state index in [1.54, 1.807) is 67.0 Å². The van der Waals surface area contributed by atoms with Gasteiger partial charge in [0.15, 0.2) is 0 Å². The molecule has 1 saturated heterocycles. The smallest absolute Gasteiger partial charge is 0.255 e. The number of halogens is 1. The SMILES string of the molecule is CS(=O)(=O)N1CCC(NC(=O)c2ccc(-n3ccccc3=O)cc2)[C@@H](NC(O)c2ccc3c(Cl)c[nH]c3c2)C1. The fraction of sp³-hybridized carbons (Fsp3) is 0.259. The van der Waals surface area contributed by atoms with Crippen LogP contribution in [0.3, 0.4) is 0 Å². The van der Waals surface area contributed by atoms with E-state index in [-0.39, 0.29) is 24.6 Å². The first-order valence-electron chi connectivity index (χ1n) is 12.3. The van der Waals surface area contributed by atoms with Crippen LogP contribution in [-0.4, -0.2) is 64.7 Å². The van der Waals surface area contributed by atoms with Crippen molar-refractivity contribution in [1.29, 1.82) is 0 Å². The number of pyridine rings is 1. The van der Waals surface area contributed by atoms with Crippen LogP contribution in [0.5, 0.6) is 0 Å². The van der Waals surface area contributed by atoms with Crippen molar-refractivity contribution in [3.05, 3.63) is 99.6 Å². The van der Waals surface area contributed by atoms with Crippen molar-refractivity contribution < 1.29 is 18.3 Å². The van der Waals surface area contributed by atoms with E-state index in [9.17, 15) is 23.1 Å². The first kappa shape index (κ1) is 27.1. The van der Waals surface area contributed by atoms with Gasteiger partial charge in [-0.3, -0.25) is 19.5 Å². The normalized spacial score (nSPS) is 19.2. The number of piperidine rings is 1. The molecule has 2 aromatic carbocycles. The zero-order valence-corrected chi connectivity index (χ0v) is 22.6. The van der Waals surface area contributed by atoms with Crippen molar-refractivity contribution in [3.63, 3.8) is 0 Å². The number of aliphatic hydroxyl groups is 1. The number of fused-ring (bicyclic) bond motifs is 1. The Balaban J connectivity index is 1.33. The third-order valence-corrected chi connectivity index (χ3v) is 8.52. The van der Waals surface area contributed by atoms with Crippen molar-refractivity contribution in [2.24, 2.45) is 0 Å². The van der Waals surface area contributed by atoms with Crippen LogP contribution in [-0.2, 0) is 10.0 Å². The van der Waals surface area contributed by atoms with Crippen LogP contribution in [0, 0.1) is 0 Å². The molecule has 2 aromatic heterocycles. The Hall–Kier alpha value is -3.48. The van der Waals surface area contributed by atoms with Gasteiger partial charge in [0.1, 0.15) is 6.23 Å². The standard InChI is InChI=1S/C27H28ClN5O5S/c1-39(37,38)32-13-11-22(24(16-32)31-27(36)18-7-10-20-21(28)15-29-23(20)14-18)30-26(35)17-5-8-19(9-6-17)33-12-3-2-4-25(33)34/h2-10,12,14-15,22,24,27,29,31,36H,11,13,16H2,1H3,(H,30,35)/t22?,24-,27?/m0/s1. The summed E-state index contributed by atoms with van der Waals surface area (Å²) in [5.41, 5.74) is 2.15. The number of aromatic nitrogens is 2. The van der Waals surface area contributed by atoms with Crippen LogP contribution in [0.25, 0.3) is 16.6 Å². The van der Waals surface area contributed by atoms with Crippen molar-refractivity contribution in [2.75, 3.05) is 19.3 Å². The predicted molar refractivity (Wildman–Crippen MR) is 150 cm³/mol. The number of aliphatic hydroxyl groups excluding tert-OH is 1. The van der Waals surface area contributed by atoms with Gasteiger partial charge in [0.05, 0.1) is 11.3 Å². The Morgan fingerprint density at radius 1 is 1.13 bits per heavy atom. The van der Waals surface area contributed by atoms with Gasteiger partial charge in [-0.25, -0.2) is 12.7 Å². The molecule has 0 aliphatic carbocycles. The summed E-state index contributed by atoms with van der Waals surface area (Å²) in [6, 6.07) is 15.8. The minimum atomic E-state index is -3.47. The lowest BCUT2D eigenvalue weighted by atomic mass is 9.99. The van der Waals surface area contributed by atoms with Crippen LogP contribution in [0.15, 0.2) is 77.9 Å². The number of aromatic amines is 1. The summed E-state index contributed by atoms with van der Waals surface area (Å²) in [4.78, 5) is 28.3. The molecule has 10 nitrogen and oxygen atoms in total. The topological polar surface area (TPSA) is 137 Å². The maximum absolute atomic E-state index is 13.1. The third-order valence-electron chi connectivity index (χ3n) is 6.93. The minimum absolute atomic E-state index is 0.0767. The Labute approximate surface area is 230 Å². The highest BCUT2D eigenvalue weighted by Gasteiger charge is 2.35. The second-order valence-corrected chi connectivity index (χ2v) is 12.0. The van der Waals surface area contributed by atoms with E-state index in [0.29, 0.717) is 28.3 Å². The Morgan fingerprint density at radius 3 is 2.62 bits per heavy atom. The fourth-order valence-corrected chi connectivity index (χ4v) is 5.90. The maximum atomic E-state index is 13.1. The largest absolute Gasteiger partial charge is 0.374 e. The summed E-state index contributed by atoms with van der Waals surface area (Å²) in [7, 11) is -3.47. The second kappa shape index (κ2) is 10.9. The van der Waals surface area contributed by atoms with Gasteiger partial charge < -0.3 is 15.4 Å². The van der Waals surface area contributed by atoms with E-state index < -0.39 is 28.3 Å². The molecule has 12 heteroatoms. The molecule has 0 saturated carbocycles. The molecule has 0 spiro atoms. The molecule has 1 fully saturated rings. The van der Waals surface area contributed by atoms with Crippen molar-refractivity contribution in [3.8, 4) is 5.69 Å². The van der Waals surface area contributed by atoms with Gasteiger partial charge in [0, 0.05) is 65.8 Å². The number of rotatable bonds is 7. The monoisotopic (exact) mass is 569 g/mol. The first-order valence-corrected chi connectivity index (χ1v) is 14.6. The van der Waals surface area contributed by atoms with E-state index in [1.165, 1.54) is 14.9 Å². The zero-order chi connectivity index (χ0) is 27.7. The van der Waals surface area contributed by atoms with Crippen molar-refractivity contribution >= 4 is 38.4 Å². The Kier molecular flexibility index (Phi) is 7.61. The highest BCUT2D eigenvalue weighted by atomic mass is 35.5. The summed E-state index contributed by atoms with van der Waals surface area (Å²) in [6.45, 7) is 0.314. The Bertz CT molecular complexity index is 1670. The lowest BCUT2D eigenvalue weighted by Gasteiger charge is -2.39. The number of nitrogens with zero attached hydrogens (tertiary/aromatic N) is 2. The molecule has 3 atom stereocenters. The number of hydrogen-bond donors (Lipinski definition) is 4. The van der Waals surface area contributed by atoms with E-state index in [1.807, 2.05) is 0 Å². The van der Waals surface area contributed by atoms with E-state index in [0.717, 1.165) is 17.2 Å². The number of H-pyrrole nitrogens is 1. The molecule has 2 unspecified atom stereocenters. The lowest BCUT2D eigenvalue weighted by Crippen LogP contribution is -2.60. The van der Waals surface area contributed by atoms with E-state index in [4.69, 9.17) is 11.6 Å². The van der Waals surface area contributed by atoms with Gasteiger partial charge in [-0.15, -0.1) is 0 Å². The fourth-order valence-electron chi connectivity index (χ4n) is 4.81. The average Bonchev–Trinajstić information content (AvgIpc) is 3.29. The highest BCUT2D eigenvalue weighted by Crippen LogP contribution is 2.26. The third kappa shape index (κ3) is 5.92. The quantitative estimate of drug-likeness (QED) is 0.252. The first-order chi connectivity index (χ1) is 18.6. The zero-order valence-electron chi connectivity index (χ0n) is 21.0. The van der Waals surface area contributed by atoms with Crippen LogP contribution in [0.1, 0.15) is 28.6 Å². The molecule has 0 bridgehead atoms. The average molecular weight is 570 g/mol. The van der Waals surface area contributed by atoms with Gasteiger partial charge in [-0.1, -0.05) is 29.8 Å². The van der Waals surface area contributed by atoms with Crippen LogP contribution >= 0.6 is 11.6 Å². The van der Waals surface area contributed by atoms with Crippen molar-refractivity contribution in [1.82, 2.24) is 24.5 Å². The predicted octanol–water partition coefficient (Wildman–Crippen LogP) is 2.39. The van der Waals surface area contributed by atoms with Gasteiger partial charge in [0.2, 0.25) is 10.0 Å². The molecule has 5 rings (SSSR count). The van der Waals surface area contributed by atoms with Gasteiger partial charge >= 0.3 is 0 Å². The summed E-state index contributed by atoms with van der Waals surface area (Å²) >= 11 is 6.16. The summed E-state index contributed by atoms with van der Waals surface area (Å²) < 4.78 is 27.3. The molecule has 4 aromatic rings. The molecule has 204 valence electrons. The van der Waals surface area contributed by atoms with Crippen LogP contribution in [0.4, 0.5) is 0 Å².